The Kier molecular flexibility index (Phi) is 6.14. The van der Waals surface area contributed by atoms with Crippen LogP contribution in [0.1, 0.15) is 25.3 Å². The number of rotatable bonds is 6. The molecule has 0 bridgehead atoms. The van der Waals surface area contributed by atoms with Crippen molar-refractivity contribution < 1.29 is 5.11 Å². The summed E-state index contributed by atoms with van der Waals surface area (Å²) in [5.74, 6) is 0. The minimum Gasteiger partial charge on any atom is -0.393 e. The van der Waals surface area contributed by atoms with Crippen LogP contribution in [0.5, 0.6) is 0 Å². The van der Waals surface area contributed by atoms with Crippen molar-refractivity contribution in [3.63, 3.8) is 0 Å². The van der Waals surface area contributed by atoms with Crippen molar-refractivity contribution in [2.24, 2.45) is 0 Å². The van der Waals surface area contributed by atoms with Crippen molar-refractivity contribution in [3.8, 4) is 0 Å². The predicted molar refractivity (Wildman–Crippen MR) is 69.1 cm³/mol. The first-order valence-electron chi connectivity index (χ1n) is 5.43. The van der Waals surface area contributed by atoms with Crippen LogP contribution in [0.4, 0.5) is 0 Å². The topological polar surface area (TPSA) is 32.3 Å². The molecule has 16 heavy (non-hydrogen) atoms. The van der Waals surface area contributed by atoms with Crippen LogP contribution in [-0.4, -0.2) is 17.8 Å². The van der Waals surface area contributed by atoms with E-state index in [9.17, 15) is 0 Å². The molecule has 0 aliphatic rings. The molecule has 0 fully saturated rings. The van der Waals surface area contributed by atoms with Gasteiger partial charge >= 0.3 is 0 Å². The zero-order valence-corrected chi connectivity index (χ0v) is 10.9. The van der Waals surface area contributed by atoms with Gasteiger partial charge in [0.15, 0.2) is 0 Å². The highest BCUT2D eigenvalue weighted by atomic mass is 35.5. The molecule has 1 atom stereocenters. The van der Waals surface area contributed by atoms with Gasteiger partial charge in [0.1, 0.15) is 0 Å². The van der Waals surface area contributed by atoms with Gasteiger partial charge in [-0.25, -0.2) is 0 Å². The van der Waals surface area contributed by atoms with Crippen molar-refractivity contribution in [3.05, 3.63) is 33.8 Å². The molecule has 0 aliphatic heterocycles. The van der Waals surface area contributed by atoms with Gasteiger partial charge < -0.3 is 10.4 Å². The Balaban J connectivity index is 2.29. The van der Waals surface area contributed by atoms with Crippen LogP contribution in [0.15, 0.2) is 18.2 Å². The van der Waals surface area contributed by atoms with Crippen LogP contribution in [0, 0.1) is 0 Å². The van der Waals surface area contributed by atoms with E-state index in [0.29, 0.717) is 16.6 Å². The Morgan fingerprint density at radius 3 is 2.81 bits per heavy atom. The number of benzene rings is 1. The average Bonchev–Trinajstić information content (AvgIpc) is 2.23. The molecule has 0 spiro atoms. The lowest BCUT2D eigenvalue weighted by Crippen LogP contribution is -2.16. The third kappa shape index (κ3) is 4.71. The molecule has 0 aromatic heterocycles. The Morgan fingerprint density at radius 1 is 1.38 bits per heavy atom. The molecule has 0 radical (unpaired) electrons. The highest BCUT2D eigenvalue weighted by molar-refractivity contribution is 6.42. The molecule has 0 amide bonds. The molecular formula is C12H17Cl2NO. The Morgan fingerprint density at radius 2 is 2.12 bits per heavy atom. The third-order valence-corrected chi connectivity index (χ3v) is 3.18. The molecule has 0 heterocycles. The fraction of sp³-hybridized carbons (Fsp3) is 0.500. The Labute approximate surface area is 107 Å². The molecule has 90 valence electrons. The van der Waals surface area contributed by atoms with E-state index in [0.717, 1.165) is 24.9 Å². The van der Waals surface area contributed by atoms with E-state index in [1.807, 2.05) is 12.1 Å². The monoisotopic (exact) mass is 261 g/mol. The second kappa shape index (κ2) is 7.13. The van der Waals surface area contributed by atoms with Gasteiger partial charge in [0.25, 0.3) is 0 Å². The van der Waals surface area contributed by atoms with Crippen LogP contribution in [0.2, 0.25) is 10.0 Å². The summed E-state index contributed by atoms with van der Waals surface area (Å²) in [6, 6.07) is 5.62. The quantitative estimate of drug-likeness (QED) is 0.771. The first kappa shape index (κ1) is 13.8. The largest absolute Gasteiger partial charge is 0.393 e. The molecule has 0 aliphatic carbocycles. The van der Waals surface area contributed by atoms with Crippen molar-refractivity contribution in [1.82, 2.24) is 5.32 Å². The lowest BCUT2D eigenvalue weighted by molar-refractivity contribution is 0.181. The molecule has 1 unspecified atom stereocenters. The maximum absolute atomic E-state index is 9.08. The van der Waals surface area contributed by atoms with Gasteiger partial charge in [-0.15, -0.1) is 0 Å². The molecule has 0 saturated heterocycles. The summed E-state index contributed by atoms with van der Waals surface area (Å²) in [5, 5.41) is 13.6. The van der Waals surface area contributed by atoms with Crippen molar-refractivity contribution >= 4 is 23.2 Å². The number of hydrogen-bond donors (Lipinski definition) is 2. The Bertz CT molecular complexity index is 329. The van der Waals surface area contributed by atoms with Gasteiger partial charge in [0.2, 0.25) is 0 Å². The fourth-order valence-corrected chi connectivity index (χ4v) is 1.82. The zero-order chi connectivity index (χ0) is 12.0. The molecule has 2 N–H and O–H groups in total. The smallest absolute Gasteiger partial charge is 0.0637 e. The van der Waals surface area contributed by atoms with Gasteiger partial charge in [-0.2, -0.15) is 0 Å². The molecule has 1 aromatic carbocycles. The first-order chi connectivity index (χ1) is 7.61. The molecule has 1 aromatic rings. The summed E-state index contributed by atoms with van der Waals surface area (Å²) in [6.45, 7) is 3.38. The first-order valence-corrected chi connectivity index (χ1v) is 6.18. The van der Waals surface area contributed by atoms with Crippen molar-refractivity contribution in [2.75, 3.05) is 6.54 Å². The van der Waals surface area contributed by atoms with E-state index in [-0.39, 0.29) is 6.10 Å². The second-order valence-electron chi connectivity index (χ2n) is 3.88. The van der Waals surface area contributed by atoms with Gasteiger partial charge in [-0.05, 0) is 37.9 Å². The van der Waals surface area contributed by atoms with Crippen LogP contribution >= 0.6 is 23.2 Å². The van der Waals surface area contributed by atoms with E-state index in [1.54, 1.807) is 13.0 Å². The van der Waals surface area contributed by atoms with Crippen LogP contribution in [0.3, 0.4) is 0 Å². The minimum atomic E-state index is -0.225. The van der Waals surface area contributed by atoms with E-state index in [2.05, 4.69) is 5.32 Å². The third-order valence-electron chi connectivity index (χ3n) is 2.32. The molecule has 1 rings (SSSR count). The summed E-state index contributed by atoms with van der Waals surface area (Å²) in [6.07, 6.45) is 1.54. The zero-order valence-electron chi connectivity index (χ0n) is 9.34. The number of aliphatic hydroxyl groups is 1. The van der Waals surface area contributed by atoms with Crippen LogP contribution in [-0.2, 0) is 6.54 Å². The highest BCUT2D eigenvalue weighted by Gasteiger charge is 2.03. The lowest BCUT2D eigenvalue weighted by Gasteiger charge is -2.08. The lowest BCUT2D eigenvalue weighted by atomic mass is 10.2. The molecule has 0 saturated carbocycles. The summed E-state index contributed by atoms with van der Waals surface area (Å²) in [5.41, 5.74) is 1.01. The number of aliphatic hydroxyl groups excluding tert-OH is 1. The summed E-state index contributed by atoms with van der Waals surface area (Å²) < 4.78 is 0. The normalized spacial score (nSPS) is 12.8. The molecule has 4 heteroatoms. The Hall–Kier alpha value is -0.280. The summed E-state index contributed by atoms with van der Waals surface area (Å²) in [4.78, 5) is 0. The van der Waals surface area contributed by atoms with E-state index in [4.69, 9.17) is 28.3 Å². The van der Waals surface area contributed by atoms with Crippen LogP contribution < -0.4 is 5.32 Å². The molecular weight excluding hydrogens is 245 g/mol. The maximum atomic E-state index is 9.08. The van der Waals surface area contributed by atoms with E-state index in [1.165, 1.54) is 0 Å². The van der Waals surface area contributed by atoms with Gasteiger partial charge in [0.05, 0.1) is 16.1 Å². The number of hydrogen-bond acceptors (Lipinski definition) is 2. The second-order valence-corrected chi connectivity index (χ2v) is 4.67. The van der Waals surface area contributed by atoms with Crippen molar-refractivity contribution in [1.29, 1.82) is 0 Å². The fourth-order valence-electron chi connectivity index (χ4n) is 1.43. The van der Waals surface area contributed by atoms with Crippen LogP contribution in [0.25, 0.3) is 0 Å². The maximum Gasteiger partial charge on any atom is 0.0637 e. The summed E-state index contributed by atoms with van der Waals surface area (Å²) >= 11 is 11.9. The number of halogens is 2. The standard InChI is InChI=1S/C12H17Cl2NO/c1-9(16)4-3-7-15-8-10-5-2-6-11(13)12(10)14/h2,5-6,9,15-16H,3-4,7-8H2,1H3. The van der Waals surface area contributed by atoms with Gasteiger partial charge in [0, 0.05) is 6.54 Å². The SMILES string of the molecule is CC(O)CCCNCc1cccc(Cl)c1Cl. The van der Waals surface area contributed by atoms with E-state index < -0.39 is 0 Å². The summed E-state index contributed by atoms with van der Waals surface area (Å²) in [7, 11) is 0. The highest BCUT2D eigenvalue weighted by Crippen LogP contribution is 2.25. The van der Waals surface area contributed by atoms with Gasteiger partial charge in [-0.1, -0.05) is 35.3 Å². The average molecular weight is 262 g/mol. The van der Waals surface area contributed by atoms with Crippen molar-refractivity contribution in [2.45, 2.75) is 32.4 Å². The van der Waals surface area contributed by atoms with E-state index >= 15 is 0 Å². The van der Waals surface area contributed by atoms with Gasteiger partial charge in [-0.3, -0.25) is 0 Å². The molecule has 2 nitrogen and oxygen atoms in total. The number of nitrogens with one attached hydrogen (secondary N) is 1. The predicted octanol–water partition coefficient (Wildman–Crippen LogP) is 3.24. The minimum absolute atomic E-state index is 0.225.